The average molecular weight is 523 g/mol. The molecule has 1 saturated heterocycles. The largest absolute Gasteiger partial charge is 0.497 e. The second-order valence-corrected chi connectivity index (χ2v) is 7.63. The topological polar surface area (TPSA) is 46.1 Å². The number of hydrogen-bond acceptors (Lipinski definition) is 3. The molecule has 0 bridgehead atoms. The van der Waals surface area contributed by atoms with Gasteiger partial charge in [0.15, 0.2) is 5.96 Å². The van der Waals surface area contributed by atoms with Crippen LogP contribution in [0.1, 0.15) is 30.9 Å². The molecule has 1 heterocycles. The monoisotopic (exact) mass is 523 g/mol. The van der Waals surface area contributed by atoms with E-state index in [1.54, 1.807) is 7.11 Å². The van der Waals surface area contributed by atoms with Gasteiger partial charge in [-0.25, -0.2) is 0 Å². The summed E-state index contributed by atoms with van der Waals surface area (Å²) in [5.41, 5.74) is 2.63. The predicted octanol–water partition coefficient (Wildman–Crippen LogP) is 4.46. The molecule has 1 aliphatic heterocycles. The summed E-state index contributed by atoms with van der Waals surface area (Å²) in [6.07, 6.45) is 2.00. The molecule has 5 nitrogen and oxygen atoms in total. The Kier molecular flexibility index (Phi) is 9.91. The molecule has 1 aliphatic rings. The highest BCUT2D eigenvalue weighted by atomic mass is 127. The molecule has 0 spiro atoms. The van der Waals surface area contributed by atoms with Crippen LogP contribution in [0.25, 0.3) is 0 Å². The fourth-order valence-corrected chi connectivity index (χ4v) is 3.87. The van der Waals surface area contributed by atoms with Crippen LogP contribution < -0.4 is 10.1 Å². The molecule has 2 aromatic rings. The summed E-state index contributed by atoms with van der Waals surface area (Å²) in [7, 11) is 3.78. The van der Waals surface area contributed by atoms with Crippen molar-refractivity contribution in [2.75, 3.05) is 40.5 Å². The minimum Gasteiger partial charge on any atom is -0.497 e. The highest BCUT2D eigenvalue weighted by molar-refractivity contribution is 14.0. The summed E-state index contributed by atoms with van der Waals surface area (Å²) >= 11 is 0. The molecule has 0 amide bonds. The van der Waals surface area contributed by atoms with E-state index in [1.807, 2.05) is 12.1 Å². The molecule has 1 N–H and O–H groups in total. The average Bonchev–Trinajstić information content (AvgIpc) is 2.78. The van der Waals surface area contributed by atoms with Gasteiger partial charge in [-0.3, -0.25) is 4.99 Å². The number of methoxy groups -OCH3 is 1. The molecule has 2 aromatic carbocycles. The maximum absolute atomic E-state index is 5.66. The van der Waals surface area contributed by atoms with Gasteiger partial charge >= 0.3 is 0 Å². The van der Waals surface area contributed by atoms with Gasteiger partial charge in [-0.15, -0.1) is 24.0 Å². The Morgan fingerprint density at radius 3 is 2.37 bits per heavy atom. The van der Waals surface area contributed by atoms with Crippen molar-refractivity contribution in [3.63, 3.8) is 0 Å². The molecular weight excluding hydrogens is 489 g/mol. The predicted molar refractivity (Wildman–Crippen MR) is 134 cm³/mol. The van der Waals surface area contributed by atoms with Crippen molar-refractivity contribution in [3.05, 3.63) is 65.7 Å². The molecule has 0 saturated carbocycles. The number of halogens is 1. The number of nitrogens with one attached hydrogen (secondary N) is 1. The number of guanidine groups is 1. The minimum atomic E-state index is 0. The zero-order valence-electron chi connectivity index (χ0n) is 18.3. The van der Waals surface area contributed by atoms with Crippen LogP contribution in [-0.4, -0.2) is 51.3 Å². The lowest BCUT2D eigenvalue weighted by atomic mass is 9.74. The Morgan fingerprint density at radius 2 is 1.77 bits per heavy atom. The van der Waals surface area contributed by atoms with Crippen molar-refractivity contribution >= 4 is 29.9 Å². The first-order valence-corrected chi connectivity index (χ1v) is 10.4. The van der Waals surface area contributed by atoms with Crippen LogP contribution in [0.3, 0.4) is 0 Å². The third kappa shape index (κ3) is 6.35. The van der Waals surface area contributed by atoms with Gasteiger partial charge < -0.3 is 19.7 Å². The number of benzene rings is 2. The van der Waals surface area contributed by atoms with Crippen LogP contribution in [0.5, 0.6) is 5.75 Å². The van der Waals surface area contributed by atoms with Gasteiger partial charge in [0.25, 0.3) is 0 Å². The summed E-state index contributed by atoms with van der Waals surface area (Å²) in [5.74, 6) is 1.81. The summed E-state index contributed by atoms with van der Waals surface area (Å²) < 4.78 is 10.9. The van der Waals surface area contributed by atoms with E-state index in [9.17, 15) is 0 Å². The van der Waals surface area contributed by atoms with Gasteiger partial charge in [-0.1, -0.05) is 42.5 Å². The smallest absolute Gasteiger partial charge is 0.193 e. The van der Waals surface area contributed by atoms with Gasteiger partial charge in [0.1, 0.15) is 5.75 Å². The third-order valence-corrected chi connectivity index (χ3v) is 5.64. The van der Waals surface area contributed by atoms with Crippen LogP contribution in [0, 0.1) is 0 Å². The molecule has 30 heavy (non-hydrogen) atoms. The van der Waals surface area contributed by atoms with E-state index in [4.69, 9.17) is 14.5 Å². The Hall–Kier alpha value is -1.80. The maximum Gasteiger partial charge on any atom is 0.193 e. The minimum absolute atomic E-state index is 0. The fourth-order valence-electron chi connectivity index (χ4n) is 3.87. The van der Waals surface area contributed by atoms with Crippen molar-refractivity contribution in [1.29, 1.82) is 0 Å². The number of rotatable bonds is 7. The van der Waals surface area contributed by atoms with Crippen molar-refractivity contribution in [2.45, 2.75) is 31.7 Å². The zero-order valence-corrected chi connectivity index (χ0v) is 20.6. The lowest BCUT2D eigenvalue weighted by Crippen LogP contribution is -2.41. The van der Waals surface area contributed by atoms with E-state index < -0.39 is 0 Å². The van der Waals surface area contributed by atoms with E-state index in [0.717, 1.165) is 57.4 Å². The zero-order chi connectivity index (χ0) is 20.5. The third-order valence-electron chi connectivity index (χ3n) is 5.64. The Morgan fingerprint density at radius 1 is 1.10 bits per heavy atom. The first-order valence-electron chi connectivity index (χ1n) is 10.4. The normalized spacial score (nSPS) is 15.8. The van der Waals surface area contributed by atoms with Crippen LogP contribution in [0.2, 0.25) is 0 Å². The van der Waals surface area contributed by atoms with Gasteiger partial charge in [-0.05, 0) is 43.0 Å². The molecule has 0 atom stereocenters. The Bertz CT molecular complexity index is 775. The molecule has 6 heteroatoms. The number of ether oxygens (including phenoxy) is 2. The second-order valence-electron chi connectivity index (χ2n) is 7.63. The molecule has 1 fully saturated rings. The second kappa shape index (κ2) is 12.2. The van der Waals surface area contributed by atoms with Crippen LogP contribution >= 0.6 is 24.0 Å². The highest BCUT2D eigenvalue weighted by Crippen LogP contribution is 2.35. The molecule has 0 aliphatic carbocycles. The van der Waals surface area contributed by atoms with E-state index in [2.05, 4.69) is 66.7 Å². The molecule has 164 valence electrons. The van der Waals surface area contributed by atoms with Gasteiger partial charge in [0.05, 0.1) is 13.7 Å². The van der Waals surface area contributed by atoms with Gasteiger partial charge in [-0.2, -0.15) is 0 Å². The number of hydrogen-bond donors (Lipinski definition) is 1. The van der Waals surface area contributed by atoms with E-state index in [0.29, 0.717) is 0 Å². The van der Waals surface area contributed by atoms with Crippen LogP contribution in [0.4, 0.5) is 0 Å². The lowest BCUT2D eigenvalue weighted by molar-refractivity contribution is 0.0530. The summed E-state index contributed by atoms with van der Waals surface area (Å²) in [5, 5.41) is 3.45. The van der Waals surface area contributed by atoms with Gasteiger partial charge in [0, 0.05) is 38.8 Å². The van der Waals surface area contributed by atoms with Crippen LogP contribution in [-0.2, 0) is 16.7 Å². The maximum atomic E-state index is 5.66. The molecule has 0 aromatic heterocycles. The first-order chi connectivity index (χ1) is 14.2. The lowest BCUT2D eigenvalue weighted by Gasteiger charge is -2.37. The summed E-state index contributed by atoms with van der Waals surface area (Å²) in [6.45, 7) is 6.09. The standard InChI is InChI=1S/C24H33N3O2.HI/c1-4-25-23(27(2)18-20-10-12-22(28-3)13-11-20)26-19-24(14-16-29-17-15-24)21-8-6-5-7-9-21;/h5-13H,4,14-19H2,1-3H3,(H,25,26);1H. The first kappa shape index (κ1) is 24.5. The molecule has 3 rings (SSSR count). The Balaban J connectivity index is 0.00000320. The Labute approximate surface area is 197 Å². The number of aliphatic imine (C=N–C) groups is 1. The molecular formula is C24H34IN3O2. The van der Waals surface area contributed by atoms with Crippen molar-refractivity contribution in [1.82, 2.24) is 10.2 Å². The van der Waals surface area contributed by atoms with E-state index in [1.165, 1.54) is 11.1 Å². The van der Waals surface area contributed by atoms with Crippen molar-refractivity contribution in [2.24, 2.45) is 4.99 Å². The fraction of sp³-hybridized carbons (Fsp3) is 0.458. The van der Waals surface area contributed by atoms with Crippen molar-refractivity contribution < 1.29 is 9.47 Å². The quantitative estimate of drug-likeness (QED) is 0.331. The number of nitrogens with zero attached hydrogens (tertiary/aromatic N) is 2. The van der Waals surface area contributed by atoms with E-state index in [-0.39, 0.29) is 29.4 Å². The van der Waals surface area contributed by atoms with E-state index >= 15 is 0 Å². The van der Waals surface area contributed by atoms with Gasteiger partial charge in [0.2, 0.25) is 0 Å². The SMILES string of the molecule is CCNC(=NCC1(c2ccccc2)CCOCC1)N(C)Cc1ccc(OC)cc1.I. The summed E-state index contributed by atoms with van der Waals surface area (Å²) in [6, 6.07) is 19.0. The highest BCUT2D eigenvalue weighted by Gasteiger charge is 2.34. The molecule has 0 radical (unpaired) electrons. The van der Waals surface area contributed by atoms with Crippen molar-refractivity contribution in [3.8, 4) is 5.75 Å². The molecule has 0 unspecified atom stereocenters. The van der Waals surface area contributed by atoms with Crippen LogP contribution in [0.15, 0.2) is 59.6 Å². The summed E-state index contributed by atoms with van der Waals surface area (Å²) in [4.78, 5) is 7.25.